The predicted molar refractivity (Wildman–Crippen MR) is 149 cm³/mol. The lowest BCUT2D eigenvalue weighted by molar-refractivity contribution is 0.101. The van der Waals surface area contributed by atoms with Crippen LogP contribution in [-0.4, -0.2) is 29.5 Å². The molecule has 1 heterocycles. The summed E-state index contributed by atoms with van der Waals surface area (Å²) in [6, 6.07) is 25.6. The van der Waals surface area contributed by atoms with Gasteiger partial charge in [0, 0.05) is 21.3 Å². The molecule has 1 aromatic heterocycles. The fourth-order valence-corrected chi connectivity index (χ4v) is 4.97. The van der Waals surface area contributed by atoms with E-state index >= 15 is 0 Å². The number of amides is 1. The van der Waals surface area contributed by atoms with Crippen molar-refractivity contribution < 1.29 is 14.3 Å². The predicted octanol–water partition coefficient (Wildman–Crippen LogP) is 6.93. The first kappa shape index (κ1) is 26.1. The van der Waals surface area contributed by atoms with Gasteiger partial charge in [-0.3, -0.25) is 9.59 Å². The zero-order valence-electron chi connectivity index (χ0n) is 20.1. The van der Waals surface area contributed by atoms with Gasteiger partial charge in [0.1, 0.15) is 16.8 Å². The molecule has 3 aromatic carbocycles. The van der Waals surface area contributed by atoms with Gasteiger partial charge in [-0.05, 0) is 48.9 Å². The number of benzene rings is 3. The molecule has 0 aliphatic heterocycles. The number of nitriles is 1. The van der Waals surface area contributed by atoms with Crippen LogP contribution >= 0.6 is 27.7 Å². The Morgan fingerprint density at radius 3 is 2.32 bits per heavy atom. The van der Waals surface area contributed by atoms with E-state index in [1.165, 1.54) is 11.8 Å². The van der Waals surface area contributed by atoms with Crippen molar-refractivity contribution in [3.05, 3.63) is 106 Å². The van der Waals surface area contributed by atoms with Gasteiger partial charge in [-0.25, -0.2) is 4.98 Å². The summed E-state index contributed by atoms with van der Waals surface area (Å²) in [4.78, 5) is 30.9. The number of halogens is 1. The number of thioether (sulfide) groups is 1. The van der Waals surface area contributed by atoms with Crippen LogP contribution in [0.15, 0.2) is 88.4 Å². The van der Waals surface area contributed by atoms with Gasteiger partial charge in [0.25, 0.3) is 5.91 Å². The largest absolute Gasteiger partial charge is 0.497 e. The topological polar surface area (TPSA) is 92.1 Å². The molecule has 0 spiro atoms. The number of ether oxygens (including phenoxy) is 1. The first-order valence-electron chi connectivity index (χ1n) is 11.3. The number of nitrogens with zero attached hydrogens (tertiary/aromatic N) is 2. The van der Waals surface area contributed by atoms with Crippen LogP contribution in [0.3, 0.4) is 0 Å². The van der Waals surface area contributed by atoms with Crippen molar-refractivity contribution in [3.8, 4) is 22.9 Å². The zero-order chi connectivity index (χ0) is 26.4. The minimum atomic E-state index is -0.374. The number of hydrogen-bond acceptors (Lipinski definition) is 6. The average molecular weight is 572 g/mol. The monoisotopic (exact) mass is 571 g/mol. The maximum absolute atomic E-state index is 13.5. The molecule has 4 aromatic rings. The molecule has 0 radical (unpaired) electrons. The summed E-state index contributed by atoms with van der Waals surface area (Å²) >= 11 is 4.55. The van der Waals surface area contributed by atoms with E-state index in [0.717, 1.165) is 4.47 Å². The van der Waals surface area contributed by atoms with Crippen LogP contribution in [0.4, 0.5) is 5.69 Å². The molecule has 0 fully saturated rings. The van der Waals surface area contributed by atoms with E-state index in [4.69, 9.17) is 4.74 Å². The van der Waals surface area contributed by atoms with Crippen LogP contribution in [0.5, 0.6) is 5.75 Å². The number of ketones is 1. The van der Waals surface area contributed by atoms with Gasteiger partial charge in [-0.15, -0.1) is 0 Å². The number of aryl methyl sites for hydroxylation is 1. The van der Waals surface area contributed by atoms with Gasteiger partial charge in [0.05, 0.1) is 29.7 Å². The van der Waals surface area contributed by atoms with Gasteiger partial charge < -0.3 is 10.1 Å². The molecule has 184 valence electrons. The van der Waals surface area contributed by atoms with Crippen LogP contribution < -0.4 is 10.1 Å². The maximum atomic E-state index is 13.5. The van der Waals surface area contributed by atoms with E-state index in [2.05, 4.69) is 32.3 Å². The first-order chi connectivity index (χ1) is 17.9. The average Bonchev–Trinajstić information content (AvgIpc) is 2.92. The van der Waals surface area contributed by atoms with Crippen LogP contribution in [0.2, 0.25) is 0 Å². The van der Waals surface area contributed by atoms with Crippen LogP contribution in [0.25, 0.3) is 11.1 Å². The molecular weight excluding hydrogens is 550 g/mol. The molecule has 0 aliphatic rings. The lowest BCUT2D eigenvalue weighted by atomic mass is 9.94. The molecule has 0 saturated carbocycles. The van der Waals surface area contributed by atoms with E-state index < -0.39 is 0 Å². The van der Waals surface area contributed by atoms with Crippen molar-refractivity contribution in [1.29, 1.82) is 5.26 Å². The number of Topliss-reactive ketones (excluding diaryl/α,β-unsaturated/α-hetero) is 1. The maximum Gasteiger partial charge on any atom is 0.258 e. The van der Waals surface area contributed by atoms with Crippen molar-refractivity contribution in [2.75, 3.05) is 18.2 Å². The summed E-state index contributed by atoms with van der Waals surface area (Å²) in [5, 5.41) is 13.5. The molecule has 4 rings (SSSR count). The van der Waals surface area contributed by atoms with E-state index in [1.807, 2.05) is 30.3 Å². The number of pyridine rings is 1. The number of hydrogen-bond donors (Lipinski definition) is 1. The minimum absolute atomic E-state index is 0.0854. The third-order valence-electron chi connectivity index (χ3n) is 5.60. The fraction of sp³-hybridized carbons (Fsp3) is 0.103. The number of rotatable bonds is 8. The summed E-state index contributed by atoms with van der Waals surface area (Å²) in [6.07, 6.45) is 0. The Balaban J connectivity index is 1.77. The van der Waals surface area contributed by atoms with E-state index in [1.54, 1.807) is 62.6 Å². The Hall–Kier alpha value is -3.93. The minimum Gasteiger partial charge on any atom is -0.497 e. The number of carbonyl (C=O) groups is 2. The molecule has 37 heavy (non-hydrogen) atoms. The summed E-state index contributed by atoms with van der Waals surface area (Å²) < 4.78 is 6.16. The second-order valence-electron chi connectivity index (χ2n) is 8.01. The molecule has 0 atom stereocenters. The van der Waals surface area contributed by atoms with Crippen LogP contribution in [0.1, 0.15) is 32.0 Å². The molecule has 1 N–H and O–H groups in total. The van der Waals surface area contributed by atoms with E-state index in [0.29, 0.717) is 44.4 Å². The van der Waals surface area contributed by atoms with Gasteiger partial charge in [0.15, 0.2) is 5.78 Å². The second-order valence-corrected chi connectivity index (χ2v) is 9.89. The number of aromatic nitrogens is 1. The number of para-hydroxylation sites is 1. The third kappa shape index (κ3) is 6.08. The molecule has 0 bridgehead atoms. The molecule has 8 heteroatoms. The zero-order valence-corrected chi connectivity index (χ0v) is 22.5. The smallest absolute Gasteiger partial charge is 0.258 e. The summed E-state index contributed by atoms with van der Waals surface area (Å²) in [6.45, 7) is 1.73. The van der Waals surface area contributed by atoms with E-state index in [9.17, 15) is 14.9 Å². The molecule has 0 aliphatic carbocycles. The normalized spacial score (nSPS) is 10.4. The molecule has 1 amide bonds. The lowest BCUT2D eigenvalue weighted by Crippen LogP contribution is -2.17. The lowest BCUT2D eigenvalue weighted by Gasteiger charge is -2.17. The number of nitrogens with one attached hydrogen (secondary N) is 1. The van der Waals surface area contributed by atoms with Gasteiger partial charge in [-0.1, -0.05) is 70.2 Å². The van der Waals surface area contributed by atoms with Crippen molar-refractivity contribution >= 4 is 45.1 Å². The Morgan fingerprint density at radius 2 is 1.70 bits per heavy atom. The molecule has 0 unspecified atom stereocenters. The number of anilines is 1. The Bertz CT molecular complexity index is 1480. The van der Waals surface area contributed by atoms with Gasteiger partial charge in [-0.2, -0.15) is 5.26 Å². The standard InChI is InChI=1S/C29H22BrN3O3S/c1-18-26(28(35)33-22-6-4-3-5-7-22)27(20-10-14-23(36-2)15-11-20)24(16-31)29(32-18)37-17-25(34)19-8-12-21(30)13-9-19/h3-15H,17H2,1-2H3,(H,33,35). The highest BCUT2D eigenvalue weighted by molar-refractivity contribution is 9.10. The fourth-order valence-electron chi connectivity index (χ4n) is 3.78. The van der Waals surface area contributed by atoms with Crippen molar-refractivity contribution in [2.45, 2.75) is 11.9 Å². The van der Waals surface area contributed by atoms with Gasteiger partial charge in [0.2, 0.25) is 0 Å². The Kier molecular flexibility index (Phi) is 8.39. The quantitative estimate of drug-likeness (QED) is 0.182. The summed E-state index contributed by atoms with van der Waals surface area (Å²) in [5.41, 5.74) is 3.32. The summed E-state index contributed by atoms with van der Waals surface area (Å²) in [7, 11) is 1.57. The highest BCUT2D eigenvalue weighted by atomic mass is 79.9. The highest BCUT2D eigenvalue weighted by Crippen LogP contribution is 2.36. The molecular formula is C29H22BrN3O3S. The number of carbonyl (C=O) groups excluding carboxylic acids is 2. The van der Waals surface area contributed by atoms with Crippen molar-refractivity contribution in [3.63, 3.8) is 0 Å². The Morgan fingerprint density at radius 1 is 1.03 bits per heavy atom. The summed E-state index contributed by atoms with van der Waals surface area (Å²) in [5.74, 6) is 0.289. The van der Waals surface area contributed by atoms with Crippen molar-refractivity contribution in [1.82, 2.24) is 4.98 Å². The third-order valence-corrected chi connectivity index (χ3v) is 7.10. The van der Waals surface area contributed by atoms with Crippen molar-refractivity contribution in [2.24, 2.45) is 0 Å². The molecule has 6 nitrogen and oxygen atoms in total. The SMILES string of the molecule is COc1ccc(-c2c(C#N)c(SCC(=O)c3ccc(Br)cc3)nc(C)c2C(=O)Nc2ccccc2)cc1. The number of methoxy groups -OCH3 is 1. The Labute approximate surface area is 227 Å². The second kappa shape index (κ2) is 11.9. The first-order valence-corrected chi connectivity index (χ1v) is 13.1. The highest BCUT2D eigenvalue weighted by Gasteiger charge is 2.25. The van der Waals surface area contributed by atoms with Gasteiger partial charge >= 0.3 is 0 Å². The van der Waals surface area contributed by atoms with E-state index in [-0.39, 0.29) is 23.0 Å². The molecule has 0 saturated heterocycles. The van der Waals surface area contributed by atoms with Crippen LogP contribution in [-0.2, 0) is 0 Å². The van der Waals surface area contributed by atoms with Crippen LogP contribution in [0, 0.1) is 18.3 Å².